The third kappa shape index (κ3) is 4.51. The molecule has 0 aromatic heterocycles. The lowest BCUT2D eigenvalue weighted by atomic mass is 9.96. The molecule has 5 N–H and O–H groups in total. The number of hydrogen-bond acceptors (Lipinski definition) is 10. The van der Waals surface area contributed by atoms with Crippen LogP contribution >= 0.6 is 0 Å². The number of carbonyl (C=O) groups is 1. The molecule has 0 radical (unpaired) electrons. The summed E-state index contributed by atoms with van der Waals surface area (Å²) in [5, 5.41) is 48.8. The van der Waals surface area contributed by atoms with Crippen LogP contribution in [0, 0.1) is 0 Å². The normalized spacial score (nSPS) is 37.9. The molecule has 0 saturated carbocycles. The van der Waals surface area contributed by atoms with Crippen LogP contribution in [0.5, 0.6) is 0 Å². The van der Waals surface area contributed by atoms with Gasteiger partial charge in [-0.3, -0.25) is 0 Å². The maximum absolute atomic E-state index is 11.2. The summed E-state index contributed by atoms with van der Waals surface area (Å²) in [5.74, 6) is 0. The highest BCUT2D eigenvalue weighted by atomic mass is 16.7. The zero-order chi connectivity index (χ0) is 17.9. The van der Waals surface area contributed by atoms with Gasteiger partial charge in [-0.1, -0.05) is 0 Å². The van der Waals surface area contributed by atoms with Gasteiger partial charge in [-0.25, -0.2) is 0 Å². The molecule has 0 amide bonds. The van der Waals surface area contributed by atoms with Crippen LogP contribution in [0.4, 0.5) is 0 Å². The van der Waals surface area contributed by atoms with E-state index < -0.39 is 62.7 Å². The summed E-state index contributed by atoms with van der Waals surface area (Å²) in [6, 6.07) is 0. The Morgan fingerprint density at radius 1 is 1.33 bits per heavy atom. The summed E-state index contributed by atoms with van der Waals surface area (Å²) in [7, 11) is -0.539. The van der Waals surface area contributed by atoms with Gasteiger partial charge >= 0.3 is 7.12 Å². The van der Waals surface area contributed by atoms with E-state index in [-0.39, 0.29) is 19.3 Å². The molecule has 2 fully saturated rings. The molecule has 11 heteroatoms. The molecule has 2 aliphatic rings. The summed E-state index contributed by atoms with van der Waals surface area (Å²) in [4.78, 5) is 11.2. The van der Waals surface area contributed by atoms with Crippen LogP contribution < -0.4 is 0 Å². The van der Waals surface area contributed by atoms with Gasteiger partial charge in [-0.15, -0.1) is 0 Å². The molecule has 0 aromatic rings. The Bertz CT molecular complexity index is 412. The average Bonchev–Trinajstić information content (AvgIpc) is 2.99. The van der Waals surface area contributed by atoms with Crippen molar-refractivity contribution >= 4 is 13.4 Å². The van der Waals surface area contributed by atoms with E-state index in [9.17, 15) is 25.2 Å². The van der Waals surface area contributed by atoms with Crippen LogP contribution in [-0.4, -0.2) is 101 Å². The number of hydrogen-bond donors (Lipinski definition) is 5. The van der Waals surface area contributed by atoms with E-state index >= 15 is 0 Å². The summed E-state index contributed by atoms with van der Waals surface area (Å²) in [6.45, 7) is 1.17. The molecule has 138 valence electrons. The number of aliphatic hydroxyl groups is 5. The topological polar surface area (TPSA) is 155 Å². The van der Waals surface area contributed by atoms with Gasteiger partial charge in [0.05, 0.1) is 25.4 Å². The summed E-state index contributed by atoms with van der Waals surface area (Å²) >= 11 is 0. The lowest BCUT2D eigenvalue weighted by molar-refractivity contribution is -0.289. The second-order valence-corrected chi connectivity index (χ2v) is 5.89. The molecule has 2 aliphatic heterocycles. The van der Waals surface area contributed by atoms with Gasteiger partial charge in [0.1, 0.15) is 30.5 Å². The number of carbonyl (C=O) groups excluding carboxylic acids is 1. The van der Waals surface area contributed by atoms with Crippen LogP contribution in [0.3, 0.4) is 0 Å². The van der Waals surface area contributed by atoms with Gasteiger partial charge in [-0.2, -0.15) is 0 Å². The van der Waals surface area contributed by atoms with Crippen molar-refractivity contribution in [3.05, 3.63) is 0 Å². The van der Waals surface area contributed by atoms with Gasteiger partial charge in [0, 0.05) is 6.42 Å². The van der Waals surface area contributed by atoms with E-state index in [1.54, 1.807) is 6.82 Å². The van der Waals surface area contributed by atoms with Crippen LogP contribution in [0.25, 0.3) is 0 Å². The van der Waals surface area contributed by atoms with E-state index in [4.69, 9.17) is 23.9 Å². The molecule has 0 aromatic carbocycles. The van der Waals surface area contributed by atoms with E-state index in [1.165, 1.54) is 0 Å². The number of aliphatic hydroxyl groups excluding tert-OH is 5. The minimum Gasteiger partial charge on any atom is -0.409 e. The maximum atomic E-state index is 11.2. The monoisotopic (exact) mass is 350 g/mol. The second-order valence-electron chi connectivity index (χ2n) is 5.89. The molecule has 0 spiro atoms. The smallest absolute Gasteiger partial charge is 0.409 e. The Morgan fingerprint density at radius 3 is 2.58 bits per heavy atom. The molecule has 2 rings (SSSR count). The van der Waals surface area contributed by atoms with Crippen molar-refractivity contribution in [2.24, 2.45) is 0 Å². The average molecular weight is 350 g/mol. The molecule has 2 heterocycles. The van der Waals surface area contributed by atoms with Crippen LogP contribution in [0.15, 0.2) is 0 Å². The SMILES string of the molecule is CB1OCC([C@@H](O)[C@H](O)[C@H](C=O)O[C@H]2O[C@H](CO)[C@@H](O)C[C@H]2O)O1. The van der Waals surface area contributed by atoms with Crippen molar-refractivity contribution in [2.45, 2.75) is 62.3 Å². The molecule has 0 aliphatic carbocycles. The fraction of sp³-hybridized carbons (Fsp3) is 0.923. The lowest BCUT2D eigenvalue weighted by Crippen LogP contribution is -2.54. The predicted molar refractivity (Wildman–Crippen MR) is 77.8 cm³/mol. The van der Waals surface area contributed by atoms with Crippen molar-refractivity contribution in [3.8, 4) is 0 Å². The fourth-order valence-electron chi connectivity index (χ4n) is 2.65. The first-order valence-electron chi connectivity index (χ1n) is 7.73. The third-order valence-electron chi connectivity index (χ3n) is 4.07. The van der Waals surface area contributed by atoms with E-state index in [1.807, 2.05) is 0 Å². The molecule has 1 unspecified atom stereocenters. The summed E-state index contributed by atoms with van der Waals surface area (Å²) in [5.41, 5.74) is 0. The van der Waals surface area contributed by atoms with Gasteiger partial charge in [0.2, 0.25) is 0 Å². The Kier molecular flexibility index (Phi) is 7.10. The van der Waals surface area contributed by atoms with Crippen molar-refractivity contribution in [2.75, 3.05) is 13.2 Å². The van der Waals surface area contributed by atoms with Crippen molar-refractivity contribution in [1.29, 1.82) is 0 Å². The Morgan fingerprint density at radius 2 is 2.04 bits per heavy atom. The van der Waals surface area contributed by atoms with Gasteiger partial charge in [0.25, 0.3) is 0 Å². The largest absolute Gasteiger partial charge is 0.453 e. The number of aldehydes is 1. The van der Waals surface area contributed by atoms with E-state index in [0.717, 1.165) is 0 Å². The summed E-state index contributed by atoms with van der Waals surface area (Å²) < 4.78 is 20.8. The van der Waals surface area contributed by atoms with E-state index in [2.05, 4.69) is 0 Å². The molecule has 10 nitrogen and oxygen atoms in total. The first-order chi connectivity index (χ1) is 11.4. The fourth-order valence-corrected chi connectivity index (χ4v) is 2.65. The van der Waals surface area contributed by atoms with Crippen LogP contribution in [-0.2, 0) is 23.6 Å². The Balaban J connectivity index is 1.96. The molecule has 2 saturated heterocycles. The van der Waals surface area contributed by atoms with Crippen molar-refractivity contribution < 1.29 is 49.1 Å². The lowest BCUT2D eigenvalue weighted by Gasteiger charge is -2.38. The van der Waals surface area contributed by atoms with Crippen molar-refractivity contribution in [3.63, 3.8) is 0 Å². The highest BCUT2D eigenvalue weighted by Crippen LogP contribution is 2.24. The third-order valence-corrected chi connectivity index (χ3v) is 4.07. The zero-order valence-corrected chi connectivity index (χ0v) is 13.2. The number of rotatable bonds is 7. The number of ether oxygens (including phenoxy) is 2. The second kappa shape index (κ2) is 8.65. The minimum atomic E-state index is -1.64. The predicted octanol–water partition coefficient (Wildman–Crippen LogP) is -3.35. The molecule has 24 heavy (non-hydrogen) atoms. The first kappa shape index (κ1) is 19.7. The molecule has 0 bridgehead atoms. The molecule has 8 atom stereocenters. The molecular formula is C13H23BO10. The highest BCUT2D eigenvalue weighted by Gasteiger charge is 2.42. The zero-order valence-electron chi connectivity index (χ0n) is 13.2. The van der Waals surface area contributed by atoms with Crippen LogP contribution in [0.2, 0.25) is 6.82 Å². The van der Waals surface area contributed by atoms with Gasteiger partial charge in [-0.05, 0) is 6.82 Å². The quantitative estimate of drug-likeness (QED) is 0.232. The van der Waals surface area contributed by atoms with Gasteiger partial charge < -0.3 is 49.1 Å². The van der Waals surface area contributed by atoms with E-state index in [0.29, 0.717) is 0 Å². The molecular weight excluding hydrogens is 327 g/mol. The first-order valence-corrected chi connectivity index (χ1v) is 7.73. The maximum Gasteiger partial charge on any atom is 0.453 e. The standard InChI is InChI=1S/C13H23BO10/c1-14-21-5-10(24-14)12(20)11(19)9(4-16)23-13-7(18)2-6(17)8(3-15)22-13/h4,6-13,15,17-20H,2-3,5H2,1H3/t6-,7+,8+,9-,10?,11+,12+,13+/m0/s1. The Hall–Kier alpha value is -0.625. The van der Waals surface area contributed by atoms with Crippen molar-refractivity contribution in [1.82, 2.24) is 0 Å². The minimum absolute atomic E-state index is 0.0479. The Labute approximate surface area is 139 Å². The van der Waals surface area contributed by atoms with Crippen LogP contribution in [0.1, 0.15) is 6.42 Å². The highest BCUT2D eigenvalue weighted by molar-refractivity contribution is 6.43. The summed E-state index contributed by atoms with van der Waals surface area (Å²) in [6.07, 6.45) is -9.97. The van der Waals surface area contributed by atoms with Gasteiger partial charge in [0.15, 0.2) is 12.6 Å².